The summed E-state index contributed by atoms with van der Waals surface area (Å²) in [5.41, 5.74) is 0.235. The third-order valence-electron chi connectivity index (χ3n) is 8.17. The van der Waals surface area contributed by atoms with Crippen molar-refractivity contribution in [3.8, 4) is 0 Å². The fourth-order valence-electron chi connectivity index (χ4n) is 5.84. The predicted octanol–water partition coefficient (Wildman–Crippen LogP) is 2.99. The molecule has 3 rings (SSSR count). The maximum Gasteiger partial charge on any atom is 0.289 e. The molecule has 1 aromatic carbocycles. The molecule has 5 atom stereocenters. The third kappa shape index (κ3) is 8.27. The van der Waals surface area contributed by atoms with Gasteiger partial charge in [-0.15, -0.1) is 0 Å². The molecule has 2 fully saturated rings. The highest BCUT2D eigenvalue weighted by Gasteiger charge is 2.50. The first-order chi connectivity index (χ1) is 19.2. The molecule has 9 nitrogen and oxygen atoms in total. The lowest BCUT2D eigenvalue weighted by molar-refractivity contribution is -0.145. The molecule has 1 heterocycles. The fraction of sp³-hybridized carbons (Fsp3) is 0.594. The summed E-state index contributed by atoms with van der Waals surface area (Å²) in [4.78, 5) is 67.9. The number of carbonyl (C=O) groups excluding carboxylic acids is 5. The lowest BCUT2D eigenvalue weighted by Crippen LogP contribution is -2.60. The number of benzene rings is 1. The summed E-state index contributed by atoms with van der Waals surface area (Å²) in [7, 11) is 0. The monoisotopic (exact) mass is 566 g/mol. The SMILES string of the molecule is C=CC(=O)N[C@H](C(=O)N1C[C@H](C)[C@H](C(C)C)[C@H]1C(=O)NC(CC1CC1)C(=O)C(=O)NCc1ccccc1)C(C)(C)C. The average molecular weight is 567 g/mol. The van der Waals surface area contributed by atoms with Gasteiger partial charge in [-0.05, 0) is 47.1 Å². The van der Waals surface area contributed by atoms with E-state index in [4.69, 9.17) is 0 Å². The lowest BCUT2D eigenvalue weighted by atomic mass is 9.81. The molecule has 3 N–H and O–H groups in total. The van der Waals surface area contributed by atoms with Crippen LogP contribution in [0.2, 0.25) is 0 Å². The minimum atomic E-state index is -0.981. The highest BCUT2D eigenvalue weighted by molar-refractivity contribution is 6.38. The second kappa shape index (κ2) is 13.4. The number of nitrogens with one attached hydrogen (secondary N) is 3. The first-order valence-electron chi connectivity index (χ1n) is 14.6. The highest BCUT2D eigenvalue weighted by atomic mass is 16.2. The van der Waals surface area contributed by atoms with Gasteiger partial charge < -0.3 is 20.9 Å². The maximum atomic E-state index is 14.0. The Morgan fingerprint density at radius 1 is 1.05 bits per heavy atom. The van der Waals surface area contributed by atoms with Gasteiger partial charge in [0.25, 0.3) is 5.91 Å². The Bertz CT molecular complexity index is 1140. The van der Waals surface area contributed by atoms with E-state index in [1.807, 2.05) is 71.9 Å². The molecule has 1 aliphatic heterocycles. The number of likely N-dealkylation sites (tertiary alicyclic amines) is 1. The van der Waals surface area contributed by atoms with Crippen LogP contribution in [0.4, 0.5) is 0 Å². The molecule has 224 valence electrons. The van der Waals surface area contributed by atoms with Crippen molar-refractivity contribution in [1.82, 2.24) is 20.9 Å². The molecule has 9 heteroatoms. The standard InChI is InChI=1S/C32H46N4O5/c1-8-24(37)35-28(32(5,6)7)31(41)36-18-20(4)25(19(2)3)26(36)29(39)34-23(16-21-14-15-21)27(38)30(40)33-17-22-12-10-9-11-13-22/h8-13,19-21,23,25-26,28H,1,14-18H2,2-7H3,(H,33,40)(H,34,39)(H,35,37)/t20-,23?,25-,26-,28+/m0/s1. The minimum Gasteiger partial charge on any atom is -0.345 e. The molecule has 4 amide bonds. The average Bonchev–Trinajstić information content (AvgIpc) is 3.67. The Morgan fingerprint density at radius 2 is 1.68 bits per heavy atom. The predicted molar refractivity (Wildman–Crippen MR) is 157 cm³/mol. The van der Waals surface area contributed by atoms with Crippen molar-refractivity contribution < 1.29 is 24.0 Å². The molecule has 2 aliphatic rings. The lowest BCUT2D eigenvalue weighted by Gasteiger charge is -2.37. The highest BCUT2D eigenvalue weighted by Crippen LogP contribution is 2.38. The number of rotatable bonds is 12. The van der Waals surface area contributed by atoms with Crippen molar-refractivity contribution >= 4 is 29.4 Å². The van der Waals surface area contributed by atoms with E-state index in [2.05, 4.69) is 22.5 Å². The van der Waals surface area contributed by atoms with Crippen LogP contribution in [0.15, 0.2) is 43.0 Å². The van der Waals surface area contributed by atoms with Crippen LogP contribution in [-0.4, -0.2) is 59.0 Å². The van der Waals surface area contributed by atoms with E-state index in [1.165, 1.54) is 0 Å². The van der Waals surface area contributed by atoms with E-state index < -0.39 is 47.0 Å². The van der Waals surface area contributed by atoms with Crippen molar-refractivity contribution in [2.75, 3.05) is 6.54 Å². The van der Waals surface area contributed by atoms with Crippen LogP contribution in [0.1, 0.15) is 66.4 Å². The van der Waals surface area contributed by atoms with Crippen molar-refractivity contribution in [2.45, 2.75) is 85.5 Å². The number of Topliss-reactive ketones (excluding diaryl/α,β-unsaturated/α-hetero) is 1. The molecule has 0 radical (unpaired) electrons. The number of hydrogen-bond acceptors (Lipinski definition) is 5. The largest absolute Gasteiger partial charge is 0.345 e. The Kier molecular flexibility index (Phi) is 10.5. The van der Waals surface area contributed by atoms with Gasteiger partial charge in [0.05, 0.1) is 6.04 Å². The zero-order valence-electron chi connectivity index (χ0n) is 25.2. The van der Waals surface area contributed by atoms with Gasteiger partial charge in [0, 0.05) is 13.1 Å². The van der Waals surface area contributed by atoms with Gasteiger partial charge in [0.15, 0.2) is 0 Å². The molecular weight excluding hydrogens is 520 g/mol. The summed E-state index contributed by atoms with van der Waals surface area (Å²) in [5, 5.41) is 8.31. The summed E-state index contributed by atoms with van der Waals surface area (Å²) in [6.07, 6.45) is 3.39. The Morgan fingerprint density at radius 3 is 2.22 bits per heavy atom. The molecule has 0 bridgehead atoms. The topological polar surface area (TPSA) is 125 Å². The van der Waals surface area contributed by atoms with Crippen LogP contribution >= 0.6 is 0 Å². The van der Waals surface area contributed by atoms with E-state index in [9.17, 15) is 24.0 Å². The number of ketones is 1. The van der Waals surface area contributed by atoms with E-state index in [-0.39, 0.29) is 36.1 Å². The number of hydrogen-bond donors (Lipinski definition) is 3. The molecule has 0 aromatic heterocycles. The molecule has 1 saturated heterocycles. The van der Waals surface area contributed by atoms with Crippen molar-refractivity contribution in [3.05, 3.63) is 48.6 Å². The first-order valence-corrected chi connectivity index (χ1v) is 14.6. The summed E-state index contributed by atoms with van der Waals surface area (Å²) in [6.45, 7) is 15.6. The molecule has 1 aromatic rings. The molecule has 1 saturated carbocycles. The normalized spacial score (nSPS) is 22.0. The maximum absolute atomic E-state index is 14.0. The van der Waals surface area contributed by atoms with Gasteiger partial charge in [-0.25, -0.2) is 0 Å². The van der Waals surface area contributed by atoms with Crippen LogP contribution in [-0.2, 0) is 30.5 Å². The van der Waals surface area contributed by atoms with Crippen molar-refractivity contribution in [1.29, 1.82) is 0 Å². The Hall–Kier alpha value is -3.49. The van der Waals surface area contributed by atoms with Crippen LogP contribution in [0.25, 0.3) is 0 Å². The van der Waals surface area contributed by atoms with Crippen LogP contribution in [0, 0.1) is 29.1 Å². The van der Waals surface area contributed by atoms with Crippen LogP contribution < -0.4 is 16.0 Å². The van der Waals surface area contributed by atoms with Gasteiger partial charge in [-0.2, -0.15) is 0 Å². The first kappa shape index (κ1) is 32.0. The van der Waals surface area contributed by atoms with Gasteiger partial charge in [-0.3, -0.25) is 24.0 Å². The molecule has 1 aliphatic carbocycles. The van der Waals surface area contributed by atoms with Gasteiger partial charge in [0.1, 0.15) is 12.1 Å². The number of carbonyl (C=O) groups is 5. The van der Waals surface area contributed by atoms with Crippen LogP contribution in [0.5, 0.6) is 0 Å². The molecular formula is C32H46N4O5. The smallest absolute Gasteiger partial charge is 0.289 e. The second-order valence-electron chi connectivity index (χ2n) is 13.0. The van der Waals surface area contributed by atoms with E-state index >= 15 is 0 Å². The van der Waals surface area contributed by atoms with Crippen molar-refractivity contribution in [3.63, 3.8) is 0 Å². The van der Waals surface area contributed by atoms with Crippen molar-refractivity contribution in [2.24, 2.45) is 29.1 Å². The summed E-state index contributed by atoms with van der Waals surface area (Å²) < 4.78 is 0. The summed E-state index contributed by atoms with van der Waals surface area (Å²) >= 11 is 0. The zero-order valence-corrected chi connectivity index (χ0v) is 25.2. The molecule has 1 unspecified atom stereocenters. The van der Waals surface area contributed by atoms with Gasteiger partial charge in [-0.1, -0.05) is 91.3 Å². The zero-order chi connectivity index (χ0) is 30.5. The Balaban J connectivity index is 1.84. The van der Waals surface area contributed by atoms with Gasteiger partial charge in [0.2, 0.25) is 23.5 Å². The third-order valence-corrected chi connectivity index (χ3v) is 8.17. The number of amides is 4. The summed E-state index contributed by atoms with van der Waals surface area (Å²) in [5.74, 6) is -2.51. The minimum absolute atomic E-state index is 0.0113. The van der Waals surface area contributed by atoms with Gasteiger partial charge >= 0.3 is 0 Å². The molecule has 41 heavy (non-hydrogen) atoms. The van der Waals surface area contributed by atoms with E-state index in [1.54, 1.807) is 4.90 Å². The fourth-order valence-corrected chi connectivity index (χ4v) is 5.84. The second-order valence-corrected chi connectivity index (χ2v) is 13.0. The van der Waals surface area contributed by atoms with E-state index in [0.29, 0.717) is 13.0 Å². The Labute approximate surface area is 243 Å². The molecule has 0 spiro atoms. The number of nitrogens with zero attached hydrogens (tertiary/aromatic N) is 1. The quantitative estimate of drug-likeness (QED) is 0.265. The summed E-state index contributed by atoms with van der Waals surface area (Å²) in [6, 6.07) is 6.59. The van der Waals surface area contributed by atoms with E-state index in [0.717, 1.165) is 24.5 Å². The van der Waals surface area contributed by atoms with Crippen LogP contribution in [0.3, 0.4) is 0 Å².